The quantitative estimate of drug-likeness (QED) is 0.775. The number of halogens is 1. The molecule has 1 heterocycles. The van der Waals surface area contributed by atoms with Gasteiger partial charge in [-0.05, 0) is 48.6 Å². The van der Waals surface area contributed by atoms with Crippen LogP contribution in [0.1, 0.15) is 31.2 Å². The number of nitrogens with one attached hydrogen (secondary N) is 1. The fourth-order valence-corrected chi connectivity index (χ4v) is 5.08. The van der Waals surface area contributed by atoms with Gasteiger partial charge in [0.15, 0.2) is 0 Å². The Morgan fingerprint density at radius 3 is 2.54 bits per heavy atom. The Morgan fingerprint density at radius 1 is 1.18 bits per heavy atom. The first kappa shape index (κ1) is 20.8. The zero-order valence-corrected chi connectivity index (χ0v) is 17.4. The third-order valence-corrected chi connectivity index (χ3v) is 7.29. The standard InChI is InChI=1S/C21H25ClN2O3S/c1-16(17-6-3-2-4-7-17)14-23-21(25)18-8-5-13-24(15-18)28(26,27)20-11-9-19(22)10-12-20/h2-4,6-7,9-12,16,18H,5,8,13-15H2,1H3,(H,23,25). The number of carbonyl (C=O) groups excluding carboxylic acids is 1. The van der Waals surface area contributed by atoms with Gasteiger partial charge in [0.25, 0.3) is 0 Å². The summed E-state index contributed by atoms with van der Waals surface area (Å²) in [5.41, 5.74) is 1.17. The van der Waals surface area contributed by atoms with E-state index in [2.05, 4.69) is 12.2 Å². The second-order valence-corrected chi connectivity index (χ2v) is 9.59. The second-order valence-electron chi connectivity index (χ2n) is 7.21. The van der Waals surface area contributed by atoms with E-state index in [1.165, 1.54) is 22.0 Å². The highest BCUT2D eigenvalue weighted by atomic mass is 35.5. The van der Waals surface area contributed by atoms with Crippen molar-refractivity contribution in [3.05, 3.63) is 65.2 Å². The van der Waals surface area contributed by atoms with Crippen LogP contribution in [0.3, 0.4) is 0 Å². The number of hydrogen-bond acceptors (Lipinski definition) is 3. The lowest BCUT2D eigenvalue weighted by atomic mass is 9.97. The molecule has 1 N–H and O–H groups in total. The molecule has 2 aromatic rings. The van der Waals surface area contributed by atoms with Gasteiger partial charge in [-0.15, -0.1) is 0 Å². The average molecular weight is 421 g/mol. The third kappa shape index (κ3) is 4.93. The molecular formula is C21H25ClN2O3S. The molecular weight excluding hydrogens is 396 g/mol. The van der Waals surface area contributed by atoms with Gasteiger partial charge < -0.3 is 5.32 Å². The highest BCUT2D eigenvalue weighted by molar-refractivity contribution is 7.89. The monoisotopic (exact) mass is 420 g/mol. The number of nitrogens with zero attached hydrogens (tertiary/aromatic N) is 1. The molecule has 1 aliphatic rings. The summed E-state index contributed by atoms with van der Waals surface area (Å²) in [6.45, 7) is 3.22. The number of carbonyl (C=O) groups is 1. The van der Waals surface area contributed by atoms with Crippen molar-refractivity contribution in [1.29, 1.82) is 0 Å². The van der Waals surface area contributed by atoms with Gasteiger partial charge in [-0.2, -0.15) is 4.31 Å². The minimum absolute atomic E-state index is 0.0845. The number of amides is 1. The minimum atomic E-state index is -3.62. The highest BCUT2D eigenvalue weighted by Gasteiger charge is 2.33. The lowest BCUT2D eigenvalue weighted by Crippen LogP contribution is -2.45. The Kier molecular flexibility index (Phi) is 6.75. The number of benzene rings is 2. The van der Waals surface area contributed by atoms with Gasteiger partial charge in [-0.25, -0.2) is 8.42 Å². The van der Waals surface area contributed by atoms with E-state index in [4.69, 9.17) is 11.6 Å². The second kappa shape index (κ2) is 9.07. The molecule has 0 aliphatic carbocycles. The molecule has 1 aliphatic heterocycles. The molecule has 1 amide bonds. The van der Waals surface area contributed by atoms with Crippen molar-refractivity contribution in [2.45, 2.75) is 30.6 Å². The molecule has 0 saturated carbocycles. The number of rotatable bonds is 6. The highest BCUT2D eigenvalue weighted by Crippen LogP contribution is 2.25. The predicted molar refractivity (Wildman–Crippen MR) is 111 cm³/mol. The van der Waals surface area contributed by atoms with Crippen LogP contribution in [0, 0.1) is 5.92 Å². The Labute approximate surface area is 171 Å². The summed E-state index contributed by atoms with van der Waals surface area (Å²) in [5.74, 6) is -0.222. The first-order valence-electron chi connectivity index (χ1n) is 9.46. The SMILES string of the molecule is CC(CNC(=O)C1CCCN(S(=O)(=O)c2ccc(Cl)cc2)C1)c1ccccc1. The Hall–Kier alpha value is -1.89. The van der Waals surface area contributed by atoms with Crippen LogP contribution in [-0.4, -0.2) is 38.3 Å². The van der Waals surface area contributed by atoms with E-state index in [0.717, 1.165) is 0 Å². The fourth-order valence-electron chi connectivity index (χ4n) is 3.43. The van der Waals surface area contributed by atoms with Crippen molar-refractivity contribution >= 4 is 27.5 Å². The van der Waals surface area contributed by atoms with Crippen LogP contribution in [-0.2, 0) is 14.8 Å². The Bertz CT molecular complexity index is 901. The maximum Gasteiger partial charge on any atom is 0.243 e. The van der Waals surface area contributed by atoms with E-state index in [1.54, 1.807) is 12.1 Å². The molecule has 5 nitrogen and oxygen atoms in total. The average Bonchev–Trinajstić information content (AvgIpc) is 2.72. The molecule has 3 rings (SSSR count). The first-order valence-corrected chi connectivity index (χ1v) is 11.3. The molecule has 1 saturated heterocycles. The number of sulfonamides is 1. The van der Waals surface area contributed by atoms with Gasteiger partial charge in [0, 0.05) is 24.7 Å². The summed E-state index contributed by atoms with van der Waals surface area (Å²) >= 11 is 5.86. The van der Waals surface area contributed by atoms with Crippen LogP contribution in [0.2, 0.25) is 5.02 Å². The van der Waals surface area contributed by atoms with Gasteiger partial charge in [-0.3, -0.25) is 4.79 Å². The molecule has 1 fully saturated rings. The molecule has 2 aromatic carbocycles. The summed E-state index contributed by atoms with van der Waals surface area (Å²) in [7, 11) is -3.62. The third-order valence-electron chi connectivity index (χ3n) is 5.16. The van der Waals surface area contributed by atoms with Gasteiger partial charge in [0.2, 0.25) is 15.9 Å². The van der Waals surface area contributed by atoms with E-state index in [9.17, 15) is 13.2 Å². The Balaban J connectivity index is 1.61. The lowest BCUT2D eigenvalue weighted by molar-refractivity contribution is -0.126. The molecule has 0 spiro atoms. The van der Waals surface area contributed by atoms with Crippen molar-refractivity contribution in [2.75, 3.05) is 19.6 Å². The van der Waals surface area contributed by atoms with E-state index < -0.39 is 10.0 Å². The van der Waals surface area contributed by atoms with Gasteiger partial charge in [-0.1, -0.05) is 48.9 Å². The largest absolute Gasteiger partial charge is 0.355 e. The van der Waals surface area contributed by atoms with Crippen LogP contribution in [0.25, 0.3) is 0 Å². The first-order chi connectivity index (χ1) is 13.4. The van der Waals surface area contributed by atoms with E-state index in [0.29, 0.717) is 31.0 Å². The van der Waals surface area contributed by atoms with E-state index in [1.807, 2.05) is 30.3 Å². The van der Waals surface area contributed by atoms with Crippen LogP contribution in [0.5, 0.6) is 0 Å². The number of piperidine rings is 1. The minimum Gasteiger partial charge on any atom is -0.355 e. The zero-order chi connectivity index (χ0) is 20.1. The molecule has 0 radical (unpaired) electrons. The van der Waals surface area contributed by atoms with Gasteiger partial charge >= 0.3 is 0 Å². The van der Waals surface area contributed by atoms with Crippen molar-refractivity contribution in [2.24, 2.45) is 5.92 Å². The molecule has 2 atom stereocenters. The Morgan fingerprint density at radius 2 is 1.86 bits per heavy atom. The van der Waals surface area contributed by atoms with Crippen molar-refractivity contribution in [3.8, 4) is 0 Å². The molecule has 2 unspecified atom stereocenters. The number of hydrogen-bond donors (Lipinski definition) is 1. The van der Waals surface area contributed by atoms with Crippen LogP contribution < -0.4 is 5.32 Å². The van der Waals surface area contributed by atoms with Crippen molar-refractivity contribution in [3.63, 3.8) is 0 Å². The van der Waals surface area contributed by atoms with Crippen LogP contribution in [0.15, 0.2) is 59.5 Å². The van der Waals surface area contributed by atoms with E-state index >= 15 is 0 Å². The van der Waals surface area contributed by atoms with Crippen molar-refractivity contribution in [1.82, 2.24) is 9.62 Å². The van der Waals surface area contributed by atoms with Gasteiger partial charge in [0.1, 0.15) is 0 Å². The predicted octanol–water partition coefficient (Wildman–Crippen LogP) is 3.66. The summed E-state index contributed by atoms with van der Waals surface area (Å²) < 4.78 is 27.1. The maximum atomic E-state index is 12.9. The summed E-state index contributed by atoms with van der Waals surface area (Å²) in [6.07, 6.45) is 1.36. The maximum absolute atomic E-state index is 12.9. The summed E-state index contributed by atoms with van der Waals surface area (Å²) in [4.78, 5) is 12.8. The molecule has 28 heavy (non-hydrogen) atoms. The fraction of sp³-hybridized carbons (Fsp3) is 0.381. The van der Waals surface area contributed by atoms with Crippen molar-refractivity contribution < 1.29 is 13.2 Å². The summed E-state index contributed by atoms with van der Waals surface area (Å²) in [5, 5.41) is 3.48. The summed E-state index contributed by atoms with van der Waals surface area (Å²) in [6, 6.07) is 16.1. The molecule has 0 aromatic heterocycles. The van der Waals surface area contributed by atoms with Gasteiger partial charge in [0.05, 0.1) is 10.8 Å². The van der Waals surface area contributed by atoms with E-state index in [-0.39, 0.29) is 29.2 Å². The molecule has 150 valence electrons. The zero-order valence-electron chi connectivity index (χ0n) is 15.8. The molecule has 0 bridgehead atoms. The lowest BCUT2D eigenvalue weighted by Gasteiger charge is -2.31. The normalized spacial score (nSPS) is 19.1. The smallest absolute Gasteiger partial charge is 0.243 e. The topological polar surface area (TPSA) is 66.5 Å². The van der Waals surface area contributed by atoms with Crippen LogP contribution >= 0.6 is 11.6 Å². The van der Waals surface area contributed by atoms with Crippen LogP contribution in [0.4, 0.5) is 0 Å². The molecule has 7 heteroatoms.